The van der Waals surface area contributed by atoms with Crippen LogP contribution in [0.25, 0.3) is 0 Å². The minimum absolute atomic E-state index is 0.0351. The third-order valence-electron chi connectivity index (χ3n) is 4.69. The summed E-state index contributed by atoms with van der Waals surface area (Å²) in [5, 5.41) is 0. The molecule has 0 bridgehead atoms. The predicted molar refractivity (Wildman–Crippen MR) is 72.5 cm³/mol. The molecule has 1 saturated heterocycles. The molecule has 0 unspecified atom stereocenters. The minimum Gasteiger partial charge on any atom is -0.454 e. The van der Waals surface area contributed by atoms with Gasteiger partial charge in [0.2, 0.25) is 6.79 Å². The molecule has 2 N–H and O–H groups in total. The number of fused-ring (bicyclic) bond motifs is 1. The van der Waals surface area contributed by atoms with Crippen molar-refractivity contribution in [3.8, 4) is 11.5 Å². The van der Waals surface area contributed by atoms with Crippen molar-refractivity contribution in [2.75, 3.05) is 26.6 Å². The number of hydrogen-bond acceptors (Lipinski definition) is 4. The molecule has 3 rings (SSSR count). The van der Waals surface area contributed by atoms with Crippen molar-refractivity contribution in [3.63, 3.8) is 0 Å². The smallest absolute Gasteiger partial charge is 0.231 e. The molecule has 4 nitrogen and oxygen atoms in total. The molecular weight excluding hydrogens is 242 g/mol. The molecule has 2 aliphatic heterocycles. The van der Waals surface area contributed by atoms with E-state index < -0.39 is 0 Å². The molecule has 2 aliphatic rings. The molecular formula is C15H21NO3. The van der Waals surface area contributed by atoms with Gasteiger partial charge in [0.15, 0.2) is 11.5 Å². The lowest BCUT2D eigenvalue weighted by atomic mass is 9.59. The van der Waals surface area contributed by atoms with E-state index >= 15 is 0 Å². The first-order valence-corrected chi connectivity index (χ1v) is 6.77. The number of nitrogens with two attached hydrogens (primary N) is 1. The lowest BCUT2D eigenvalue weighted by Gasteiger charge is -2.53. The Hall–Kier alpha value is -1.26. The van der Waals surface area contributed by atoms with E-state index in [4.69, 9.17) is 19.9 Å². The maximum atomic E-state index is 5.77. The summed E-state index contributed by atoms with van der Waals surface area (Å²) in [6.07, 6.45) is 0.977. The van der Waals surface area contributed by atoms with Gasteiger partial charge in [-0.15, -0.1) is 0 Å². The van der Waals surface area contributed by atoms with E-state index in [9.17, 15) is 0 Å². The summed E-state index contributed by atoms with van der Waals surface area (Å²) in [6.45, 7) is 7.05. The second-order valence-electron chi connectivity index (χ2n) is 6.07. The van der Waals surface area contributed by atoms with Gasteiger partial charge < -0.3 is 19.9 Å². The zero-order valence-corrected chi connectivity index (χ0v) is 11.6. The highest BCUT2D eigenvalue weighted by Crippen LogP contribution is 2.50. The maximum Gasteiger partial charge on any atom is 0.231 e. The van der Waals surface area contributed by atoms with Crippen LogP contribution in [0.15, 0.2) is 18.2 Å². The molecule has 0 atom stereocenters. The molecule has 0 saturated carbocycles. The number of benzene rings is 1. The Morgan fingerprint density at radius 1 is 1.21 bits per heavy atom. The van der Waals surface area contributed by atoms with Crippen LogP contribution in [0.1, 0.15) is 25.8 Å². The minimum atomic E-state index is 0.0351. The Labute approximate surface area is 113 Å². The predicted octanol–water partition coefficient (Wildman–Crippen LogP) is 2.06. The molecule has 19 heavy (non-hydrogen) atoms. The van der Waals surface area contributed by atoms with E-state index in [1.807, 2.05) is 6.07 Å². The van der Waals surface area contributed by atoms with Gasteiger partial charge in [-0.1, -0.05) is 19.9 Å². The van der Waals surface area contributed by atoms with Gasteiger partial charge in [-0.3, -0.25) is 0 Å². The average molecular weight is 263 g/mol. The summed E-state index contributed by atoms with van der Waals surface area (Å²) in [5.74, 6) is 1.67. The van der Waals surface area contributed by atoms with E-state index in [1.165, 1.54) is 5.56 Å². The number of ether oxygens (including phenoxy) is 3. The molecule has 0 amide bonds. The average Bonchev–Trinajstić information content (AvgIpc) is 2.73. The summed E-state index contributed by atoms with van der Waals surface area (Å²) < 4.78 is 16.4. The van der Waals surface area contributed by atoms with Gasteiger partial charge in [-0.05, 0) is 36.1 Å². The molecule has 0 aromatic heterocycles. The second-order valence-corrected chi connectivity index (χ2v) is 6.07. The largest absolute Gasteiger partial charge is 0.454 e. The highest BCUT2D eigenvalue weighted by atomic mass is 16.7. The Morgan fingerprint density at radius 3 is 2.58 bits per heavy atom. The molecule has 0 spiro atoms. The van der Waals surface area contributed by atoms with Crippen molar-refractivity contribution in [2.24, 2.45) is 11.1 Å². The van der Waals surface area contributed by atoms with E-state index in [-0.39, 0.29) is 10.8 Å². The van der Waals surface area contributed by atoms with E-state index in [1.54, 1.807) is 0 Å². The fraction of sp³-hybridized carbons (Fsp3) is 0.600. The quantitative estimate of drug-likeness (QED) is 0.903. The van der Waals surface area contributed by atoms with Crippen LogP contribution in [0.4, 0.5) is 0 Å². The van der Waals surface area contributed by atoms with Crippen LogP contribution in [-0.2, 0) is 10.2 Å². The van der Waals surface area contributed by atoms with Gasteiger partial charge in [-0.25, -0.2) is 0 Å². The SMILES string of the molecule is CC(C)(CCN)C1(c2ccc3c(c2)OCO3)COC1. The summed E-state index contributed by atoms with van der Waals surface area (Å²) >= 11 is 0. The van der Waals surface area contributed by atoms with Crippen molar-refractivity contribution in [1.82, 2.24) is 0 Å². The molecule has 0 radical (unpaired) electrons. The highest BCUT2D eigenvalue weighted by molar-refractivity contribution is 5.48. The molecule has 2 heterocycles. The monoisotopic (exact) mass is 263 g/mol. The first-order valence-electron chi connectivity index (χ1n) is 6.77. The lowest BCUT2D eigenvalue weighted by Crippen LogP contribution is -2.57. The number of rotatable bonds is 4. The van der Waals surface area contributed by atoms with Crippen LogP contribution in [0.2, 0.25) is 0 Å². The van der Waals surface area contributed by atoms with Crippen LogP contribution in [0.3, 0.4) is 0 Å². The topological polar surface area (TPSA) is 53.7 Å². The zero-order valence-electron chi connectivity index (χ0n) is 11.6. The lowest BCUT2D eigenvalue weighted by molar-refractivity contribution is -0.121. The molecule has 1 fully saturated rings. The third-order valence-corrected chi connectivity index (χ3v) is 4.69. The first-order chi connectivity index (χ1) is 9.09. The van der Waals surface area contributed by atoms with Gasteiger partial charge in [0.25, 0.3) is 0 Å². The standard InChI is InChI=1S/C15H21NO3/c1-14(2,5-6-16)15(8-17-9-15)11-3-4-12-13(7-11)19-10-18-12/h3-4,7H,5-6,8-10,16H2,1-2H3. The van der Waals surface area contributed by atoms with Crippen LogP contribution < -0.4 is 15.2 Å². The van der Waals surface area contributed by atoms with Gasteiger partial charge >= 0.3 is 0 Å². The van der Waals surface area contributed by atoms with Gasteiger partial charge in [0.1, 0.15) is 0 Å². The van der Waals surface area contributed by atoms with Crippen LogP contribution in [0, 0.1) is 5.41 Å². The normalized spacial score (nSPS) is 20.2. The van der Waals surface area contributed by atoms with Crippen molar-refractivity contribution in [3.05, 3.63) is 23.8 Å². The zero-order chi connectivity index (χ0) is 13.5. The first kappa shape index (κ1) is 12.8. The highest BCUT2D eigenvalue weighted by Gasteiger charge is 2.51. The molecule has 4 heteroatoms. The van der Waals surface area contributed by atoms with Crippen molar-refractivity contribution in [2.45, 2.75) is 25.7 Å². The molecule has 0 aliphatic carbocycles. The van der Waals surface area contributed by atoms with Crippen LogP contribution in [-0.4, -0.2) is 26.6 Å². The molecule has 1 aromatic carbocycles. The van der Waals surface area contributed by atoms with Crippen molar-refractivity contribution < 1.29 is 14.2 Å². The van der Waals surface area contributed by atoms with E-state index in [2.05, 4.69) is 26.0 Å². The summed E-state index contributed by atoms with van der Waals surface area (Å²) in [7, 11) is 0. The van der Waals surface area contributed by atoms with Gasteiger partial charge in [-0.2, -0.15) is 0 Å². The molecule has 1 aromatic rings. The summed E-state index contributed by atoms with van der Waals surface area (Å²) in [4.78, 5) is 0. The second kappa shape index (κ2) is 4.39. The van der Waals surface area contributed by atoms with Crippen LogP contribution in [0.5, 0.6) is 11.5 Å². The van der Waals surface area contributed by atoms with E-state index in [0.717, 1.165) is 31.1 Å². The summed E-state index contributed by atoms with van der Waals surface area (Å²) in [6, 6.07) is 6.23. The van der Waals surface area contributed by atoms with Crippen molar-refractivity contribution in [1.29, 1.82) is 0 Å². The molecule has 104 valence electrons. The fourth-order valence-corrected chi connectivity index (χ4v) is 3.05. The Bertz CT molecular complexity index is 480. The number of hydrogen-bond donors (Lipinski definition) is 1. The fourth-order valence-electron chi connectivity index (χ4n) is 3.05. The summed E-state index contributed by atoms with van der Waals surface area (Å²) in [5.41, 5.74) is 7.18. The van der Waals surface area contributed by atoms with Crippen molar-refractivity contribution >= 4 is 0 Å². The Balaban J connectivity index is 1.98. The van der Waals surface area contributed by atoms with Gasteiger partial charge in [0.05, 0.1) is 13.2 Å². The third kappa shape index (κ3) is 1.82. The van der Waals surface area contributed by atoms with Crippen LogP contribution >= 0.6 is 0 Å². The Morgan fingerprint density at radius 2 is 1.95 bits per heavy atom. The Kier molecular flexibility index (Phi) is 2.95. The van der Waals surface area contributed by atoms with Gasteiger partial charge in [0, 0.05) is 5.41 Å². The maximum absolute atomic E-state index is 5.77. The van der Waals surface area contributed by atoms with E-state index in [0.29, 0.717) is 13.3 Å².